The first-order chi connectivity index (χ1) is 13.6. The summed E-state index contributed by atoms with van der Waals surface area (Å²) in [5.74, 6) is -0.713. The lowest BCUT2D eigenvalue weighted by Crippen LogP contribution is -2.34. The minimum atomic E-state index is -0.361. The lowest BCUT2D eigenvalue weighted by molar-refractivity contribution is -0.120. The summed E-state index contributed by atoms with van der Waals surface area (Å²) >= 11 is 7.73. The molecule has 2 heterocycles. The van der Waals surface area contributed by atoms with Crippen molar-refractivity contribution in [2.75, 3.05) is 11.9 Å². The molecule has 0 N–H and O–H groups in total. The van der Waals surface area contributed by atoms with Crippen LogP contribution < -0.4 is 4.90 Å². The Labute approximate surface area is 172 Å². The maximum atomic E-state index is 13.4. The van der Waals surface area contributed by atoms with Gasteiger partial charge in [-0.15, -0.1) is 11.3 Å². The van der Waals surface area contributed by atoms with Gasteiger partial charge in [0, 0.05) is 18.5 Å². The van der Waals surface area contributed by atoms with Crippen LogP contribution in [-0.2, 0) is 16.1 Å². The Hall–Kier alpha value is -2.89. The Balaban J connectivity index is 1.79. The van der Waals surface area contributed by atoms with Gasteiger partial charge in [0.1, 0.15) is 5.70 Å². The zero-order valence-electron chi connectivity index (χ0n) is 15.1. The fraction of sp³-hybridized carbons (Fsp3) is 0.0909. The van der Waals surface area contributed by atoms with Crippen LogP contribution in [0, 0.1) is 0 Å². The highest BCUT2D eigenvalue weighted by Crippen LogP contribution is 2.38. The topological polar surface area (TPSA) is 40.6 Å². The lowest BCUT2D eigenvalue weighted by atomic mass is 10.1. The summed E-state index contributed by atoms with van der Waals surface area (Å²) in [7, 11) is 1.83. The summed E-state index contributed by atoms with van der Waals surface area (Å²) in [6.45, 7) is 0.514. The van der Waals surface area contributed by atoms with E-state index in [1.807, 2.05) is 59.8 Å². The van der Waals surface area contributed by atoms with E-state index in [4.69, 9.17) is 11.6 Å². The van der Waals surface area contributed by atoms with Gasteiger partial charge in [-0.2, -0.15) is 0 Å². The van der Waals surface area contributed by atoms with Crippen LogP contribution >= 0.6 is 22.9 Å². The van der Waals surface area contributed by atoms with Gasteiger partial charge in [0.15, 0.2) is 0 Å². The maximum Gasteiger partial charge on any atom is 0.282 e. The van der Waals surface area contributed by atoms with Crippen molar-refractivity contribution in [2.24, 2.45) is 0 Å². The standard InChI is InChI=1S/C22H17ClN2O2S/c1-24(14-15-8-3-2-4-9-15)20-19(18-12-7-13-28-18)21(26)25(22(20)27)17-11-6-5-10-16(17)23/h2-13H,14H2,1H3. The van der Waals surface area contributed by atoms with Crippen LogP contribution in [0.25, 0.3) is 5.57 Å². The highest BCUT2D eigenvalue weighted by Gasteiger charge is 2.42. The molecule has 4 rings (SSSR count). The Morgan fingerprint density at radius 3 is 2.32 bits per heavy atom. The van der Waals surface area contributed by atoms with Crippen LogP contribution in [0.4, 0.5) is 5.69 Å². The van der Waals surface area contributed by atoms with E-state index in [9.17, 15) is 9.59 Å². The van der Waals surface area contributed by atoms with Crippen LogP contribution in [0.15, 0.2) is 77.8 Å². The average molecular weight is 409 g/mol. The fourth-order valence-electron chi connectivity index (χ4n) is 3.30. The minimum Gasteiger partial charge on any atom is -0.365 e. The molecule has 2 amide bonds. The Bertz CT molecular complexity index is 1060. The second kappa shape index (κ2) is 7.62. The Morgan fingerprint density at radius 2 is 1.64 bits per heavy atom. The number of hydrogen-bond donors (Lipinski definition) is 0. The van der Waals surface area contributed by atoms with Gasteiger partial charge in [0.05, 0.1) is 16.3 Å². The second-order valence-electron chi connectivity index (χ2n) is 6.44. The van der Waals surface area contributed by atoms with Crippen molar-refractivity contribution in [3.05, 3.63) is 93.3 Å². The number of benzene rings is 2. The number of carbonyl (C=O) groups excluding carboxylic acids is 2. The third kappa shape index (κ3) is 3.23. The third-order valence-electron chi connectivity index (χ3n) is 4.56. The number of rotatable bonds is 5. The molecule has 0 saturated carbocycles. The molecule has 0 unspecified atom stereocenters. The van der Waals surface area contributed by atoms with E-state index in [-0.39, 0.29) is 11.8 Å². The summed E-state index contributed by atoms with van der Waals surface area (Å²) in [6, 6.07) is 20.5. The van der Waals surface area contributed by atoms with E-state index >= 15 is 0 Å². The molecular formula is C22H17ClN2O2S. The van der Waals surface area contributed by atoms with Gasteiger partial charge in [-0.1, -0.05) is 60.1 Å². The first-order valence-electron chi connectivity index (χ1n) is 8.74. The van der Waals surface area contributed by atoms with Gasteiger partial charge in [-0.3, -0.25) is 9.59 Å². The highest BCUT2D eigenvalue weighted by atomic mass is 35.5. The smallest absolute Gasteiger partial charge is 0.282 e. The molecule has 1 aliphatic rings. The summed E-state index contributed by atoms with van der Waals surface area (Å²) in [5, 5.41) is 2.26. The maximum absolute atomic E-state index is 13.4. The monoisotopic (exact) mass is 408 g/mol. The number of hydrogen-bond acceptors (Lipinski definition) is 4. The van der Waals surface area contributed by atoms with E-state index in [1.165, 1.54) is 16.2 Å². The zero-order chi connectivity index (χ0) is 19.7. The van der Waals surface area contributed by atoms with E-state index in [0.717, 1.165) is 10.4 Å². The molecule has 4 nitrogen and oxygen atoms in total. The number of amides is 2. The first-order valence-corrected chi connectivity index (χ1v) is 10.00. The SMILES string of the molecule is CN(Cc1ccccc1)C1=C(c2cccs2)C(=O)N(c2ccccc2Cl)C1=O. The van der Waals surface area contributed by atoms with Crippen molar-refractivity contribution in [1.29, 1.82) is 0 Å². The molecule has 0 saturated heterocycles. The zero-order valence-corrected chi connectivity index (χ0v) is 16.7. The quantitative estimate of drug-likeness (QED) is 0.568. The molecule has 0 spiro atoms. The van der Waals surface area contributed by atoms with Gasteiger partial charge in [0.25, 0.3) is 11.8 Å². The van der Waals surface area contributed by atoms with E-state index in [2.05, 4.69) is 0 Å². The van der Waals surface area contributed by atoms with Crippen molar-refractivity contribution in [3.63, 3.8) is 0 Å². The van der Waals surface area contributed by atoms with Gasteiger partial charge < -0.3 is 4.90 Å². The lowest BCUT2D eigenvalue weighted by Gasteiger charge is -2.22. The number of halogens is 1. The number of anilines is 1. The number of carbonyl (C=O) groups is 2. The van der Waals surface area contributed by atoms with Crippen LogP contribution in [0.3, 0.4) is 0 Å². The molecule has 6 heteroatoms. The Morgan fingerprint density at radius 1 is 0.929 bits per heavy atom. The summed E-state index contributed by atoms with van der Waals surface area (Å²) < 4.78 is 0. The molecule has 0 atom stereocenters. The molecule has 0 aliphatic carbocycles. The predicted octanol–water partition coefficient (Wildman–Crippen LogP) is 4.82. The second-order valence-corrected chi connectivity index (χ2v) is 7.79. The van der Waals surface area contributed by atoms with E-state index in [0.29, 0.717) is 28.5 Å². The molecule has 1 aromatic heterocycles. The molecular weight excluding hydrogens is 392 g/mol. The number of thiophene rings is 1. The predicted molar refractivity (Wildman–Crippen MR) is 113 cm³/mol. The van der Waals surface area contributed by atoms with E-state index in [1.54, 1.807) is 24.3 Å². The molecule has 0 bridgehead atoms. The molecule has 0 fully saturated rings. The van der Waals surface area contributed by atoms with Crippen LogP contribution in [-0.4, -0.2) is 23.8 Å². The van der Waals surface area contributed by atoms with Gasteiger partial charge in [0.2, 0.25) is 0 Å². The number of imide groups is 1. The molecule has 3 aromatic rings. The molecule has 140 valence electrons. The summed E-state index contributed by atoms with van der Waals surface area (Å²) in [6.07, 6.45) is 0. The Kier molecular flexibility index (Phi) is 5.03. The van der Waals surface area contributed by atoms with Crippen molar-refractivity contribution < 1.29 is 9.59 Å². The van der Waals surface area contributed by atoms with Gasteiger partial charge >= 0.3 is 0 Å². The largest absolute Gasteiger partial charge is 0.365 e. The van der Waals surface area contributed by atoms with Crippen molar-refractivity contribution >= 4 is 46.0 Å². The minimum absolute atomic E-state index is 0.351. The first kappa shape index (κ1) is 18.5. The highest BCUT2D eigenvalue weighted by molar-refractivity contribution is 7.11. The van der Waals surface area contributed by atoms with E-state index < -0.39 is 0 Å². The normalized spacial score (nSPS) is 14.1. The van der Waals surface area contributed by atoms with Gasteiger partial charge in [-0.05, 0) is 29.1 Å². The molecule has 28 heavy (non-hydrogen) atoms. The summed E-state index contributed by atoms with van der Waals surface area (Å²) in [4.78, 5) is 30.4. The molecule has 0 radical (unpaired) electrons. The molecule has 1 aliphatic heterocycles. The number of para-hydroxylation sites is 1. The van der Waals surface area contributed by atoms with Crippen molar-refractivity contribution in [3.8, 4) is 0 Å². The van der Waals surface area contributed by atoms with Crippen LogP contribution in [0.1, 0.15) is 10.4 Å². The van der Waals surface area contributed by atoms with Crippen LogP contribution in [0.5, 0.6) is 0 Å². The number of nitrogens with zero attached hydrogens (tertiary/aromatic N) is 2. The van der Waals surface area contributed by atoms with Crippen LogP contribution in [0.2, 0.25) is 5.02 Å². The third-order valence-corrected chi connectivity index (χ3v) is 5.77. The fourth-order valence-corrected chi connectivity index (χ4v) is 4.29. The molecule has 2 aromatic carbocycles. The number of likely N-dealkylation sites (N-methyl/N-ethyl adjacent to an activating group) is 1. The van der Waals surface area contributed by atoms with Crippen molar-refractivity contribution in [1.82, 2.24) is 4.90 Å². The van der Waals surface area contributed by atoms with Crippen molar-refractivity contribution in [2.45, 2.75) is 6.54 Å². The average Bonchev–Trinajstić information content (AvgIpc) is 3.30. The summed E-state index contributed by atoms with van der Waals surface area (Å²) in [5.41, 5.74) is 2.25. The van der Waals surface area contributed by atoms with Gasteiger partial charge in [-0.25, -0.2) is 4.90 Å².